The molecule has 126 valence electrons. The molecule has 8 heteroatoms. The van der Waals surface area contributed by atoms with E-state index in [1.54, 1.807) is 16.9 Å². The molecule has 0 atom stereocenters. The first kappa shape index (κ1) is 15.9. The topological polar surface area (TPSA) is 76.0 Å². The van der Waals surface area contributed by atoms with Crippen LogP contribution in [0.5, 0.6) is 0 Å². The number of hydrogen-bond donors (Lipinski definition) is 2. The Morgan fingerprint density at radius 2 is 2.17 bits per heavy atom. The van der Waals surface area contributed by atoms with Crippen LogP contribution in [0.1, 0.15) is 17.0 Å². The van der Waals surface area contributed by atoms with Gasteiger partial charge in [0.2, 0.25) is 0 Å². The molecule has 1 saturated heterocycles. The molecule has 1 aromatic carbocycles. The van der Waals surface area contributed by atoms with Gasteiger partial charge in [-0.1, -0.05) is 28.4 Å². The maximum absolute atomic E-state index is 10.2. The lowest BCUT2D eigenvalue weighted by atomic mass is 9.99. The first-order chi connectivity index (χ1) is 11.5. The Kier molecular flexibility index (Phi) is 3.80. The van der Waals surface area contributed by atoms with Crippen molar-refractivity contribution in [2.75, 3.05) is 13.2 Å². The molecule has 0 unspecified atom stereocenters. The summed E-state index contributed by atoms with van der Waals surface area (Å²) in [5, 5.41) is 20.6. The highest BCUT2D eigenvalue weighted by molar-refractivity contribution is 6.38. The van der Waals surface area contributed by atoms with Crippen molar-refractivity contribution in [3.63, 3.8) is 0 Å². The SMILES string of the molecule is Cc1[nH]c2cc(Cl)cc(Cl)c2c1CCn1cc(C2(O)COC2)nn1. The van der Waals surface area contributed by atoms with Gasteiger partial charge in [0.15, 0.2) is 5.60 Å². The number of aromatic nitrogens is 4. The third-order valence-electron chi connectivity index (χ3n) is 4.42. The van der Waals surface area contributed by atoms with Crippen LogP contribution in [-0.4, -0.2) is 38.3 Å². The number of aryl methyl sites for hydroxylation is 3. The van der Waals surface area contributed by atoms with Crippen LogP contribution < -0.4 is 0 Å². The highest BCUT2D eigenvalue weighted by Crippen LogP contribution is 2.33. The zero-order chi connectivity index (χ0) is 16.9. The molecule has 1 aliphatic heterocycles. The van der Waals surface area contributed by atoms with Gasteiger partial charge in [-0.25, -0.2) is 0 Å². The van der Waals surface area contributed by atoms with Crippen molar-refractivity contribution >= 4 is 34.1 Å². The molecule has 2 N–H and O–H groups in total. The van der Waals surface area contributed by atoms with E-state index in [0.29, 0.717) is 22.3 Å². The average molecular weight is 367 g/mol. The molecule has 2 aromatic heterocycles. The van der Waals surface area contributed by atoms with E-state index >= 15 is 0 Å². The van der Waals surface area contributed by atoms with Crippen LogP contribution in [0.4, 0.5) is 0 Å². The van der Waals surface area contributed by atoms with Gasteiger partial charge in [0.25, 0.3) is 0 Å². The van der Waals surface area contributed by atoms with E-state index in [1.807, 2.05) is 13.0 Å². The molecule has 3 heterocycles. The maximum atomic E-state index is 10.2. The van der Waals surface area contributed by atoms with Crippen LogP contribution in [0, 0.1) is 6.92 Å². The van der Waals surface area contributed by atoms with Gasteiger partial charge in [-0.05, 0) is 31.0 Å². The summed E-state index contributed by atoms with van der Waals surface area (Å²) in [6.07, 6.45) is 2.51. The monoisotopic (exact) mass is 366 g/mol. The minimum Gasteiger partial charge on any atom is -0.379 e. The van der Waals surface area contributed by atoms with E-state index in [0.717, 1.165) is 28.6 Å². The Morgan fingerprint density at radius 1 is 1.38 bits per heavy atom. The Labute approximate surface area is 148 Å². The van der Waals surface area contributed by atoms with E-state index in [-0.39, 0.29) is 13.2 Å². The summed E-state index contributed by atoms with van der Waals surface area (Å²) in [5.41, 5.74) is 2.68. The summed E-state index contributed by atoms with van der Waals surface area (Å²) in [6, 6.07) is 3.63. The van der Waals surface area contributed by atoms with Gasteiger partial charge in [0, 0.05) is 28.2 Å². The first-order valence-electron chi connectivity index (χ1n) is 7.63. The van der Waals surface area contributed by atoms with Gasteiger partial charge in [-0.15, -0.1) is 5.10 Å². The number of hydrogen-bond acceptors (Lipinski definition) is 4. The molecule has 4 rings (SSSR count). The molecule has 0 bridgehead atoms. The highest BCUT2D eigenvalue weighted by atomic mass is 35.5. The number of nitrogens with zero attached hydrogens (tertiary/aromatic N) is 3. The summed E-state index contributed by atoms with van der Waals surface area (Å²) in [6.45, 7) is 3.19. The Balaban J connectivity index is 1.58. The highest BCUT2D eigenvalue weighted by Gasteiger charge is 2.40. The standard InChI is InChI=1S/C16H16Cl2N4O2/c1-9-11(15-12(18)4-10(17)5-13(15)19-9)2-3-22-6-14(20-21-22)16(23)7-24-8-16/h4-6,19,23H,2-3,7-8H2,1H3. The smallest absolute Gasteiger partial charge is 0.156 e. The summed E-state index contributed by atoms with van der Waals surface area (Å²) in [5.74, 6) is 0. The second-order valence-electron chi connectivity index (χ2n) is 6.18. The number of halogens is 2. The van der Waals surface area contributed by atoms with Crippen LogP contribution in [-0.2, 0) is 23.3 Å². The van der Waals surface area contributed by atoms with E-state index in [2.05, 4.69) is 15.3 Å². The number of ether oxygens (including phenoxy) is 1. The van der Waals surface area contributed by atoms with Crippen molar-refractivity contribution < 1.29 is 9.84 Å². The molecular weight excluding hydrogens is 351 g/mol. The van der Waals surface area contributed by atoms with Crippen LogP contribution >= 0.6 is 23.2 Å². The van der Waals surface area contributed by atoms with Gasteiger partial charge in [-0.3, -0.25) is 4.68 Å². The van der Waals surface area contributed by atoms with E-state index in [1.165, 1.54) is 0 Å². The van der Waals surface area contributed by atoms with Crippen LogP contribution in [0.2, 0.25) is 10.0 Å². The number of aromatic amines is 1. The molecule has 1 aliphatic rings. The summed E-state index contributed by atoms with van der Waals surface area (Å²) < 4.78 is 6.78. The van der Waals surface area contributed by atoms with Crippen molar-refractivity contribution in [1.29, 1.82) is 0 Å². The molecule has 6 nitrogen and oxygen atoms in total. The fourth-order valence-corrected chi connectivity index (χ4v) is 3.65. The van der Waals surface area contributed by atoms with Gasteiger partial charge < -0.3 is 14.8 Å². The van der Waals surface area contributed by atoms with Gasteiger partial charge in [0.05, 0.1) is 24.4 Å². The van der Waals surface area contributed by atoms with E-state index in [4.69, 9.17) is 27.9 Å². The zero-order valence-corrected chi connectivity index (χ0v) is 14.5. The summed E-state index contributed by atoms with van der Waals surface area (Å²) in [4.78, 5) is 3.32. The minimum absolute atomic E-state index is 0.267. The number of nitrogens with one attached hydrogen (secondary N) is 1. The van der Waals surface area contributed by atoms with Crippen LogP contribution in [0.3, 0.4) is 0 Å². The second kappa shape index (κ2) is 5.74. The predicted octanol–water partition coefficient (Wildman–Crippen LogP) is 2.84. The maximum Gasteiger partial charge on any atom is 0.156 e. The first-order valence-corrected chi connectivity index (χ1v) is 8.39. The van der Waals surface area contributed by atoms with Crippen molar-refractivity contribution in [2.45, 2.75) is 25.5 Å². The summed E-state index contributed by atoms with van der Waals surface area (Å²) in [7, 11) is 0. The third kappa shape index (κ3) is 2.59. The molecule has 3 aromatic rings. The zero-order valence-electron chi connectivity index (χ0n) is 13.0. The van der Waals surface area contributed by atoms with E-state index < -0.39 is 5.60 Å². The molecule has 0 radical (unpaired) electrons. The van der Waals surface area contributed by atoms with Gasteiger partial charge >= 0.3 is 0 Å². The second-order valence-corrected chi connectivity index (χ2v) is 7.02. The number of fused-ring (bicyclic) bond motifs is 1. The molecule has 0 aliphatic carbocycles. The van der Waals surface area contributed by atoms with Crippen LogP contribution in [0.15, 0.2) is 18.3 Å². The lowest BCUT2D eigenvalue weighted by molar-refractivity contribution is -0.186. The molecular formula is C16H16Cl2N4O2. The lowest BCUT2D eigenvalue weighted by Gasteiger charge is -2.34. The number of H-pyrrole nitrogens is 1. The minimum atomic E-state index is -0.991. The molecule has 0 amide bonds. The van der Waals surface area contributed by atoms with Crippen molar-refractivity contribution in [3.05, 3.63) is 45.3 Å². The van der Waals surface area contributed by atoms with Gasteiger partial charge in [-0.2, -0.15) is 0 Å². The Bertz CT molecular complexity index is 914. The van der Waals surface area contributed by atoms with Crippen molar-refractivity contribution in [3.8, 4) is 0 Å². The normalized spacial score (nSPS) is 16.5. The predicted molar refractivity (Wildman–Crippen MR) is 91.5 cm³/mol. The average Bonchev–Trinajstić information content (AvgIpc) is 3.07. The number of benzene rings is 1. The van der Waals surface area contributed by atoms with E-state index in [9.17, 15) is 5.11 Å². The third-order valence-corrected chi connectivity index (χ3v) is 4.94. The molecule has 0 spiro atoms. The largest absolute Gasteiger partial charge is 0.379 e. The Morgan fingerprint density at radius 3 is 2.88 bits per heavy atom. The number of aliphatic hydroxyl groups is 1. The van der Waals surface area contributed by atoms with Gasteiger partial charge in [0.1, 0.15) is 5.69 Å². The summed E-state index contributed by atoms with van der Waals surface area (Å²) >= 11 is 12.4. The van der Waals surface area contributed by atoms with Crippen LogP contribution in [0.25, 0.3) is 10.9 Å². The molecule has 24 heavy (non-hydrogen) atoms. The number of rotatable bonds is 4. The fraction of sp³-hybridized carbons (Fsp3) is 0.375. The molecule has 1 fully saturated rings. The fourth-order valence-electron chi connectivity index (χ4n) is 3.05. The molecule has 0 saturated carbocycles. The van der Waals surface area contributed by atoms with Crippen molar-refractivity contribution in [1.82, 2.24) is 20.0 Å². The Hall–Kier alpha value is -1.60. The lowest BCUT2D eigenvalue weighted by Crippen LogP contribution is -2.46. The van der Waals surface area contributed by atoms with Crippen molar-refractivity contribution in [2.24, 2.45) is 0 Å². The quantitative estimate of drug-likeness (QED) is 0.744.